The van der Waals surface area contributed by atoms with Crippen LogP contribution in [0.5, 0.6) is 0 Å². The van der Waals surface area contributed by atoms with Gasteiger partial charge in [0.15, 0.2) is 0 Å². The van der Waals surface area contributed by atoms with Gasteiger partial charge in [0.25, 0.3) is 0 Å². The molecule has 0 aliphatic carbocycles. The summed E-state index contributed by atoms with van der Waals surface area (Å²) in [5.74, 6) is 0.00393. The fourth-order valence-corrected chi connectivity index (χ4v) is 4.53. The van der Waals surface area contributed by atoms with Crippen molar-refractivity contribution in [1.82, 2.24) is 15.2 Å². The van der Waals surface area contributed by atoms with Crippen LogP contribution in [-0.2, 0) is 9.59 Å². The number of halogens is 1. The van der Waals surface area contributed by atoms with Crippen molar-refractivity contribution in [2.75, 3.05) is 13.1 Å². The lowest BCUT2D eigenvalue weighted by Gasteiger charge is -2.45. The van der Waals surface area contributed by atoms with E-state index in [4.69, 9.17) is 11.6 Å². The summed E-state index contributed by atoms with van der Waals surface area (Å²) < 4.78 is 0. The van der Waals surface area contributed by atoms with Crippen LogP contribution in [0.25, 0.3) is 6.08 Å². The molecule has 2 aromatic rings. The second kappa shape index (κ2) is 10.3. The third kappa shape index (κ3) is 5.98. The Kier molecular flexibility index (Phi) is 7.73. The number of carbonyl (C=O) groups excluding carboxylic acids is 2. The lowest BCUT2D eigenvalue weighted by Crippen LogP contribution is -2.55. The summed E-state index contributed by atoms with van der Waals surface area (Å²) in [6, 6.07) is 12.9. The van der Waals surface area contributed by atoms with E-state index in [1.807, 2.05) is 49.1 Å². The molecule has 1 N–H and O–H groups in total. The van der Waals surface area contributed by atoms with Crippen LogP contribution in [0.15, 0.2) is 54.7 Å². The van der Waals surface area contributed by atoms with E-state index in [1.54, 1.807) is 12.3 Å². The molecule has 2 amide bonds. The monoisotopic (exact) mass is 453 g/mol. The molecule has 0 radical (unpaired) electrons. The molecule has 6 heteroatoms. The number of rotatable bonds is 6. The van der Waals surface area contributed by atoms with Gasteiger partial charge in [-0.3, -0.25) is 14.6 Å². The SMILES string of the molecule is CC(C)[C@@H](NC(=O)/C=C/c1ccccn1)C(=O)N1CCC(c2ccc(Cl)cc2)C(C)(C)C1. The number of carbonyl (C=O) groups is 2. The molecule has 0 bridgehead atoms. The fourth-order valence-electron chi connectivity index (χ4n) is 4.41. The van der Waals surface area contributed by atoms with Gasteiger partial charge in [0.1, 0.15) is 6.04 Å². The van der Waals surface area contributed by atoms with Gasteiger partial charge in [0.2, 0.25) is 11.8 Å². The molecule has 170 valence electrons. The molecule has 1 unspecified atom stereocenters. The van der Waals surface area contributed by atoms with E-state index in [-0.39, 0.29) is 23.1 Å². The first-order valence-electron chi connectivity index (χ1n) is 11.1. The van der Waals surface area contributed by atoms with Crippen LogP contribution in [-0.4, -0.2) is 40.8 Å². The summed E-state index contributed by atoms with van der Waals surface area (Å²) in [6.45, 7) is 9.61. The van der Waals surface area contributed by atoms with Crippen LogP contribution < -0.4 is 5.32 Å². The molecule has 1 saturated heterocycles. The van der Waals surface area contributed by atoms with Gasteiger partial charge in [0.05, 0.1) is 5.69 Å². The molecule has 5 nitrogen and oxygen atoms in total. The molecule has 2 atom stereocenters. The average Bonchev–Trinajstić information content (AvgIpc) is 2.76. The van der Waals surface area contributed by atoms with E-state index in [1.165, 1.54) is 11.6 Å². The maximum Gasteiger partial charge on any atom is 0.245 e. The van der Waals surface area contributed by atoms with Crippen molar-refractivity contribution in [3.8, 4) is 0 Å². The lowest BCUT2D eigenvalue weighted by molar-refractivity contribution is -0.140. The minimum atomic E-state index is -0.571. The normalized spacial score (nSPS) is 19.2. The Morgan fingerprint density at radius 2 is 1.91 bits per heavy atom. The minimum absolute atomic E-state index is 0.0215. The highest BCUT2D eigenvalue weighted by atomic mass is 35.5. The van der Waals surface area contributed by atoms with Crippen LogP contribution >= 0.6 is 11.6 Å². The van der Waals surface area contributed by atoms with Crippen LogP contribution in [0, 0.1) is 11.3 Å². The number of piperidine rings is 1. The maximum atomic E-state index is 13.4. The van der Waals surface area contributed by atoms with Gasteiger partial charge in [-0.1, -0.05) is 57.5 Å². The van der Waals surface area contributed by atoms with E-state index in [0.717, 1.165) is 11.4 Å². The van der Waals surface area contributed by atoms with Crippen molar-refractivity contribution >= 4 is 29.5 Å². The van der Waals surface area contributed by atoms with Crippen molar-refractivity contribution in [1.29, 1.82) is 0 Å². The Morgan fingerprint density at radius 1 is 1.19 bits per heavy atom. The molecule has 1 aliphatic rings. The molecular weight excluding hydrogens is 422 g/mol. The third-order valence-electron chi connectivity index (χ3n) is 6.14. The highest BCUT2D eigenvalue weighted by molar-refractivity contribution is 6.30. The van der Waals surface area contributed by atoms with Crippen molar-refractivity contribution in [2.45, 2.75) is 46.1 Å². The second-order valence-corrected chi connectivity index (χ2v) is 9.90. The summed E-state index contributed by atoms with van der Waals surface area (Å²) in [5, 5.41) is 3.63. The summed E-state index contributed by atoms with van der Waals surface area (Å²) >= 11 is 6.05. The van der Waals surface area contributed by atoms with Gasteiger partial charge in [-0.2, -0.15) is 0 Å². The predicted molar refractivity (Wildman–Crippen MR) is 129 cm³/mol. The Bertz CT molecular complexity index is 955. The number of amides is 2. The molecule has 1 aromatic carbocycles. The molecule has 1 aromatic heterocycles. The van der Waals surface area contributed by atoms with E-state index < -0.39 is 6.04 Å². The molecule has 2 heterocycles. The first kappa shape index (κ1) is 24.0. The first-order chi connectivity index (χ1) is 15.2. The number of aromatic nitrogens is 1. The lowest BCUT2D eigenvalue weighted by atomic mass is 9.70. The average molecular weight is 454 g/mol. The number of hydrogen-bond donors (Lipinski definition) is 1. The Labute approximate surface area is 195 Å². The van der Waals surface area contributed by atoms with Crippen molar-refractivity contribution in [3.63, 3.8) is 0 Å². The van der Waals surface area contributed by atoms with Crippen LogP contribution in [0.3, 0.4) is 0 Å². The Hall–Kier alpha value is -2.66. The molecule has 1 fully saturated rings. The quantitative estimate of drug-likeness (QED) is 0.630. The Morgan fingerprint density at radius 3 is 2.50 bits per heavy atom. The summed E-state index contributed by atoms with van der Waals surface area (Å²) in [7, 11) is 0. The molecule has 1 aliphatic heterocycles. The highest BCUT2D eigenvalue weighted by Gasteiger charge is 2.40. The van der Waals surface area contributed by atoms with Gasteiger partial charge in [0, 0.05) is 30.4 Å². The topological polar surface area (TPSA) is 62.3 Å². The summed E-state index contributed by atoms with van der Waals surface area (Å²) in [4.78, 5) is 32.0. The van der Waals surface area contributed by atoms with Gasteiger partial charge >= 0.3 is 0 Å². The van der Waals surface area contributed by atoms with Gasteiger partial charge in [-0.25, -0.2) is 0 Å². The predicted octanol–water partition coefficient (Wildman–Crippen LogP) is 4.93. The maximum absolute atomic E-state index is 13.4. The molecule has 0 spiro atoms. The number of likely N-dealkylation sites (tertiary alicyclic amines) is 1. The van der Waals surface area contributed by atoms with Crippen molar-refractivity contribution in [3.05, 3.63) is 71.0 Å². The van der Waals surface area contributed by atoms with Gasteiger partial charge in [-0.05, 0) is 59.6 Å². The molecular formula is C26H32ClN3O2. The standard InChI is InChI=1S/C26H32ClN3O2/c1-18(2)24(29-23(31)13-12-21-7-5-6-15-28-21)25(32)30-16-14-22(26(3,4)17-30)19-8-10-20(27)11-9-19/h5-13,15,18,22,24H,14,16-17H2,1-4H3,(H,29,31)/b13-12+/t22?,24-/m1/s1. The number of hydrogen-bond acceptors (Lipinski definition) is 3. The van der Waals surface area contributed by atoms with Gasteiger partial charge in [-0.15, -0.1) is 0 Å². The van der Waals surface area contributed by atoms with Crippen molar-refractivity contribution in [2.24, 2.45) is 11.3 Å². The van der Waals surface area contributed by atoms with Gasteiger partial charge < -0.3 is 10.2 Å². The number of nitrogens with one attached hydrogen (secondary N) is 1. The van der Waals surface area contributed by atoms with Crippen molar-refractivity contribution < 1.29 is 9.59 Å². The smallest absolute Gasteiger partial charge is 0.245 e. The summed E-state index contributed by atoms with van der Waals surface area (Å²) in [5.41, 5.74) is 1.85. The Balaban J connectivity index is 1.66. The zero-order chi connectivity index (χ0) is 23.3. The number of benzene rings is 1. The molecule has 3 rings (SSSR count). The zero-order valence-electron chi connectivity index (χ0n) is 19.2. The van der Waals surface area contributed by atoms with E-state index >= 15 is 0 Å². The molecule has 0 saturated carbocycles. The van der Waals surface area contributed by atoms with E-state index in [2.05, 4.69) is 36.3 Å². The van der Waals surface area contributed by atoms with E-state index in [0.29, 0.717) is 24.7 Å². The van der Waals surface area contributed by atoms with Crippen LogP contribution in [0.2, 0.25) is 5.02 Å². The number of nitrogens with zero attached hydrogens (tertiary/aromatic N) is 2. The number of pyridine rings is 1. The zero-order valence-corrected chi connectivity index (χ0v) is 20.0. The fraction of sp³-hybridized carbons (Fsp3) is 0.423. The largest absolute Gasteiger partial charge is 0.340 e. The van der Waals surface area contributed by atoms with Crippen LogP contribution in [0.4, 0.5) is 0 Å². The first-order valence-corrected chi connectivity index (χ1v) is 11.5. The molecule has 32 heavy (non-hydrogen) atoms. The van der Waals surface area contributed by atoms with Crippen LogP contribution in [0.1, 0.15) is 51.3 Å². The van der Waals surface area contributed by atoms with E-state index in [9.17, 15) is 9.59 Å². The second-order valence-electron chi connectivity index (χ2n) is 9.46. The highest BCUT2D eigenvalue weighted by Crippen LogP contribution is 2.42. The minimum Gasteiger partial charge on any atom is -0.340 e. The third-order valence-corrected chi connectivity index (χ3v) is 6.39. The summed E-state index contributed by atoms with van der Waals surface area (Å²) in [6.07, 6.45) is 5.63.